The molecule has 0 spiro atoms. The molecule has 0 aromatic heterocycles. The topological polar surface area (TPSA) is 90.7 Å². The molecule has 0 aliphatic heterocycles. The monoisotopic (exact) mass is 227 g/mol. The van der Waals surface area contributed by atoms with Crippen molar-refractivity contribution in [2.45, 2.75) is 0 Å². The minimum Gasteiger partial charge on any atom is -0.496 e. The standard InChI is InChI=1S/C9H10ClN3O2/c1-15-7-3-2-5(10)4-6(7)8(14)13-9(11)12/h2-4H,1H3,(H4,11,12,13,14). The quantitative estimate of drug-likeness (QED) is 0.577. The maximum atomic E-state index is 11.5. The molecule has 0 saturated heterocycles. The third-order valence-electron chi connectivity index (χ3n) is 1.62. The van der Waals surface area contributed by atoms with Crippen molar-refractivity contribution < 1.29 is 9.53 Å². The third kappa shape index (κ3) is 2.85. The van der Waals surface area contributed by atoms with E-state index >= 15 is 0 Å². The van der Waals surface area contributed by atoms with E-state index in [0.717, 1.165) is 0 Å². The highest BCUT2D eigenvalue weighted by Gasteiger charge is 2.12. The molecule has 1 aromatic rings. The fourth-order valence-corrected chi connectivity index (χ4v) is 1.20. The van der Waals surface area contributed by atoms with Crippen molar-refractivity contribution in [1.82, 2.24) is 0 Å². The van der Waals surface area contributed by atoms with Crippen molar-refractivity contribution in [2.24, 2.45) is 16.5 Å². The predicted molar refractivity (Wildman–Crippen MR) is 58.1 cm³/mol. The van der Waals surface area contributed by atoms with Crippen molar-refractivity contribution in [2.75, 3.05) is 7.11 Å². The molecule has 0 saturated carbocycles. The van der Waals surface area contributed by atoms with Crippen LogP contribution in [-0.2, 0) is 0 Å². The van der Waals surface area contributed by atoms with Crippen LogP contribution in [0, 0.1) is 0 Å². The molecule has 0 atom stereocenters. The summed E-state index contributed by atoms with van der Waals surface area (Å²) in [5, 5.41) is 0.407. The summed E-state index contributed by atoms with van der Waals surface area (Å²) in [6.07, 6.45) is 0. The van der Waals surface area contributed by atoms with Crippen LogP contribution in [-0.4, -0.2) is 19.0 Å². The first-order valence-electron chi connectivity index (χ1n) is 4.02. The average Bonchev–Trinajstić information content (AvgIpc) is 2.16. The highest BCUT2D eigenvalue weighted by Crippen LogP contribution is 2.23. The molecule has 1 rings (SSSR count). The Balaban J connectivity index is 3.17. The number of halogens is 1. The fraction of sp³-hybridized carbons (Fsp3) is 0.111. The molecule has 15 heavy (non-hydrogen) atoms. The smallest absolute Gasteiger partial charge is 0.283 e. The maximum Gasteiger partial charge on any atom is 0.283 e. The first kappa shape index (κ1) is 11.3. The van der Waals surface area contributed by atoms with Crippen LogP contribution in [0.4, 0.5) is 0 Å². The summed E-state index contributed by atoms with van der Waals surface area (Å²) >= 11 is 5.74. The molecule has 0 aliphatic carbocycles. The second-order valence-corrected chi connectivity index (χ2v) is 3.12. The van der Waals surface area contributed by atoms with Gasteiger partial charge in [-0.25, -0.2) is 0 Å². The van der Waals surface area contributed by atoms with Gasteiger partial charge in [-0.1, -0.05) is 11.6 Å². The molecule has 1 amide bonds. The molecule has 1 aromatic carbocycles. The maximum absolute atomic E-state index is 11.5. The molecular weight excluding hydrogens is 218 g/mol. The van der Waals surface area contributed by atoms with Gasteiger partial charge in [0.25, 0.3) is 5.91 Å². The number of rotatable bonds is 2. The summed E-state index contributed by atoms with van der Waals surface area (Å²) in [5.74, 6) is -0.522. The Kier molecular flexibility index (Phi) is 3.51. The average molecular weight is 228 g/mol. The van der Waals surface area contributed by atoms with Gasteiger partial charge in [-0.3, -0.25) is 4.79 Å². The number of amides is 1. The summed E-state index contributed by atoms with van der Waals surface area (Å²) in [6.45, 7) is 0. The molecule has 4 N–H and O–H groups in total. The summed E-state index contributed by atoms with van der Waals surface area (Å²) < 4.78 is 4.97. The Bertz CT molecular complexity index is 414. The van der Waals surface area contributed by atoms with E-state index in [1.54, 1.807) is 12.1 Å². The van der Waals surface area contributed by atoms with E-state index in [1.165, 1.54) is 13.2 Å². The molecule has 0 unspecified atom stereocenters. The normalized spacial score (nSPS) is 9.47. The second kappa shape index (κ2) is 4.65. The summed E-state index contributed by atoms with van der Waals surface area (Å²) in [4.78, 5) is 14.9. The van der Waals surface area contributed by atoms with E-state index in [2.05, 4.69) is 4.99 Å². The number of aliphatic imine (C=N–C) groups is 1. The van der Waals surface area contributed by atoms with E-state index in [4.69, 9.17) is 27.8 Å². The van der Waals surface area contributed by atoms with Crippen LogP contribution < -0.4 is 16.2 Å². The van der Waals surface area contributed by atoms with Crippen LogP contribution in [0.2, 0.25) is 5.02 Å². The first-order chi connectivity index (χ1) is 7.04. The summed E-state index contributed by atoms with van der Waals surface area (Å²) in [6, 6.07) is 4.61. The van der Waals surface area contributed by atoms with E-state index < -0.39 is 5.91 Å². The van der Waals surface area contributed by atoms with Gasteiger partial charge in [-0.15, -0.1) is 0 Å². The van der Waals surface area contributed by atoms with Crippen molar-refractivity contribution >= 4 is 23.5 Å². The largest absolute Gasteiger partial charge is 0.496 e. The zero-order chi connectivity index (χ0) is 11.4. The van der Waals surface area contributed by atoms with Gasteiger partial charge in [0.1, 0.15) is 5.75 Å². The van der Waals surface area contributed by atoms with Gasteiger partial charge in [0, 0.05) is 5.02 Å². The second-order valence-electron chi connectivity index (χ2n) is 2.69. The van der Waals surface area contributed by atoms with Gasteiger partial charge in [0.15, 0.2) is 5.96 Å². The Morgan fingerprint density at radius 1 is 1.47 bits per heavy atom. The predicted octanol–water partition coefficient (Wildman–Crippen LogP) is 0.762. The van der Waals surface area contributed by atoms with Crippen LogP contribution in [0.5, 0.6) is 5.75 Å². The molecular formula is C9H10ClN3O2. The molecule has 0 fully saturated rings. The Hall–Kier alpha value is -1.75. The van der Waals surface area contributed by atoms with E-state index in [1.807, 2.05) is 0 Å². The lowest BCUT2D eigenvalue weighted by Crippen LogP contribution is -2.24. The van der Waals surface area contributed by atoms with E-state index in [0.29, 0.717) is 10.8 Å². The van der Waals surface area contributed by atoms with Gasteiger partial charge in [-0.2, -0.15) is 4.99 Å². The van der Waals surface area contributed by atoms with Crippen molar-refractivity contribution in [3.8, 4) is 5.75 Å². The number of benzene rings is 1. The first-order valence-corrected chi connectivity index (χ1v) is 4.40. The van der Waals surface area contributed by atoms with Gasteiger partial charge >= 0.3 is 0 Å². The van der Waals surface area contributed by atoms with Gasteiger partial charge < -0.3 is 16.2 Å². The van der Waals surface area contributed by atoms with Gasteiger partial charge in [-0.05, 0) is 18.2 Å². The van der Waals surface area contributed by atoms with Crippen molar-refractivity contribution in [3.05, 3.63) is 28.8 Å². The fourth-order valence-electron chi connectivity index (χ4n) is 1.02. The molecule has 0 radical (unpaired) electrons. The van der Waals surface area contributed by atoms with Crippen LogP contribution in [0.3, 0.4) is 0 Å². The van der Waals surface area contributed by atoms with Crippen LogP contribution >= 0.6 is 11.6 Å². The van der Waals surface area contributed by atoms with Crippen LogP contribution in [0.1, 0.15) is 10.4 Å². The minimum atomic E-state index is -0.589. The number of hydrogen-bond acceptors (Lipinski definition) is 2. The Morgan fingerprint density at radius 2 is 2.13 bits per heavy atom. The molecule has 5 nitrogen and oxygen atoms in total. The number of carbonyl (C=O) groups is 1. The van der Waals surface area contributed by atoms with Crippen LogP contribution in [0.25, 0.3) is 0 Å². The molecule has 0 aliphatic rings. The highest BCUT2D eigenvalue weighted by atomic mass is 35.5. The number of ether oxygens (including phenoxy) is 1. The summed E-state index contributed by atoms with van der Waals surface area (Å²) in [5.41, 5.74) is 10.4. The number of carbonyl (C=O) groups excluding carboxylic acids is 1. The zero-order valence-corrected chi connectivity index (χ0v) is 8.78. The van der Waals surface area contributed by atoms with E-state index in [-0.39, 0.29) is 11.5 Å². The number of nitrogens with two attached hydrogens (primary N) is 2. The van der Waals surface area contributed by atoms with Gasteiger partial charge in [0.05, 0.1) is 12.7 Å². The van der Waals surface area contributed by atoms with Crippen molar-refractivity contribution in [3.63, 3.8) is 0 Å². The number of hydrogen-bond donors (Lipinski definition) is 2. The number of methoxy groups -OCH3 is 1. The van der Waals surface area contributed by atoms with Crippen molar-refractivity contribution in [1.29, 1.82) is 0 Å². The lowest BCUT2D eigenvalue weighted by molar-refractivity contribution is 0.1000. The lowest BCUT2D eigenvalue weighted by Gasteiger charge is -2.05. The molecule has 6 heteroatoms. The molecule has 0 bridgehead atoms. The number of guanidine groups is 1. The molecule has 80 valence electrons. The Labute approximate surface area is 91.7 Å². The zero-order valence-electron chi connectivity index (χ0n) is 8.03. The Morgan fingerprint density at radius 3 is 2.67 bits per heavy atom. The lowest BCUT2D eigenvalue weighted by atomic mass is 10.2. The number of nitrogens with zero attached hydrogens (tertiary/aromatic N) is 1. The third-order valence-corrected chi connectivity index (χ3v) is 1.86. The minimum absolute atomic E-state index is 0.221. The van der Waals surface area contributed by atoms with Crippen LogP contribution in [0.15, 0.2) is 23.2 Å². The highest BCUT2D eigenvalue weighted by molar-refractivity contribution is 6.31. The van der Waals surface area contributed by atoms with Gasteiger partial charge in [0.2, 0.25) is 0 Å². The summed E-state index contributed by atoms with van der Waals surface area (Å²) in [7, 11) is 1.44. The SMILES string of the molecule is COc1ccc(Cl)cc1C(=O)N=C(N)N. The molecule has 0 heterocycles. The van der Waals surface area contributed by atoms with E-state index in [9.17, 15) is 4.79 Å².